The standard InChI is InChI=1S/C37H38N4O7/c1-7-20-17(3)24-13-25-18(4)22(9-10-30(44)48-12-11-42)34(40-25)32-33(37(46)47-6)36(45)31-19(5)26(41-35(31)32)14-28-21(8-2)23(16-43)29(39-28)15-27(20)38-24/h7,13-16,18,22,33,40,42-43H,1,8-12H2,2-6H3/b23-16+,25-13?,26-14?,27-15?,34-32?/t18-,22-,33+/m0/s1. The van der Waals surface area contributed by atoms with Crippen LogP contribution in [0.4, 0.5) is 0 Å². The lowest BCUT2D eigenvalue weighted by Gasteiger charge is -2.19. The Hall–Kier alpha value is -5.16. The first-order valence-electron chi connectivity index (χ1n) is 16.0. The molecule has 1 saturated heterocycles. The highest BCUT2D eigenvalue weighted by molar-refractivity contribution is 6.42. The number of nitrogens with one attached hydrogen (secondary N) is 1. The SMILES string of the molecule is C=CC1=C(C)C2=NC1=CC1=NC(=C(CC)/C1=C\O)C=C1N=C3C(=C1C)C(=O)[C@H](C(=O)OC)C3=C1NC(=C2)[C@@H](C)[C@@H]1CCC(=O)OCCO. The lowest BCUT2D eigenvalue weighted by atomic mass is 9.85. The fraction of sp³-hybridized carbons (Fsp3) is 0.351. The Bertz CT molecular complexity index is 1920. The number of nitrogens with zero attached hydrogens (tertiary/aromatic N) is 3. The van der Waals surface area contributed by atoms with Gasteiger partial charge in [0.2, 0.25) is 0 Å². The van der Waals surface area contributed by atoms with Gasteiger partial charge < -0.3 is 25.0 Å². The van der Waals surface area contributed by atoms with Crippen LogP contribution in [0.2, 0.25) is 0 Å². The Morgan fingerprint density at radius 3 is 2.52 bits per heavy atom. The van der Waals surface area contributed by atoms with Crippen molar-refractivity contribution in [1.82, 2.24) is 5.32 Å². The number of aliphatic hydroxyl groups excluding tert-OH is 2. The second kappa shape index (κ2) is 12.8. The van der Waals surface area contributed by atoms with Crippen molar-refractivity contribution in [3.05, 3.63) is 105 Å². The zero-order chi connectivity index (χ0) is 34.4. The maximum atomic E-state index is 14.1. The van der Waals surface area contributed by atoms with Crippen LogP contribution in [0.3, 0.4) is 0 Å². The molecule has 0 spiro atoms. The normalized spacial score (nSPS) is 25.2. The minimum atomic E-state index is -1.24. The maximum Gasteiger partial charge on any atom is 0.321 e. The number of aliphatic imine (C=N–C) groups is 3. The number of allylic oxidation sites excluding steroid dienone is 11. The van der Waals surface area contributed by atoms with E-state index in [4.69, 9.17) is 29.6 Å². The van der Waals surface area contributed by atoms with E-state index in [0.29, 0.717) is 75.1 Å². The Morgan fingerprint density at radius 2 is 1.85 bits per heavy atom. The number of carbonyl (C=O) groups excluding carboxylic acids is 3. The molecule has 11 heteroatoms. The second-order valence-corrected chi connectivity index (χ2v) is 12.3. The summed E-state index contributed by atoms with van der Waals surface area (Å²) in [6.07, 6.45) is 9.34. The average molecular weight is 651 g/mol. The number of aliphatic hydroxyl groups is 2. The van der Waals surface area contributed by atoms with Gasteiger partial charge in [0.05, 0.1) is 54.2 Å². The van der Waals surface area contributed by atoms with Gasteiger partial charge in [-0.2, -0.15) is 0 Å². The minimum Gasteiger partial charge on any atom is -0.515 e. The second-order valence-electron chi connectivity index (χ2n) is 12.3. The monoisotopic (exact) mass is 650 g/mol. The van der Waals surface area contributed by atoms with Crippen molar-refractivity contribution < 1.29 is 34.1 Å². The molecule has 2 fully saturated rings. The topological polar surface area (TPSA) is 159 Å². The molecule has 0 aromatic rings. The third-order valence-electron chi connectivity index (χ3n) is 9.75. The zero-order valence-electron chi connectivity index (χ0n) is 27.6. The van der Waals surface area contributed by atoms with Gasteiger partial charge in [0.15, 0.2) is 5.78 Å². The van der Waals surface area contributed by atoms with E-state index < -0.39 is 23.6 Å². The van der Waals surface area contributed by atoms with Gasteiger partial charge in [-0.15, -0.1) is 0 Å². The summed E-state index contributed by atoms with van der Waals surface area (Å²) in [7, 11) is 1.25. The number of fused-ring (bicyclic) bond motifs is 5. The number of ketones is 1. The van der Waals surface area contributed by atoms with E-state index >= 15 is 0 Å². The molecule has 6 aliphatic rings. The number of hydrogen-bond donors (Lipinski definition) is 3. The fourth-order valence-corrected chi connectivity index (χ4v) is 7.22. The quantitative estimate of drug-likeness (QED) is 0.193. The third-order valence-corrected chi connectivity index (χ3v) is 9.75. The Balaban J connectivity index is 1.63. The summed E-state index contributed by atoms with van der Waals surface area (Å²) in [5.41, 5.74) is 9.22. The van der Waals surface area contributed by atoms with Crippen LogP contribution in [0.25, 0.3) is 0 Å². The Morgan fingerprint density at radius 1 is 1.08 bits per heavy atom. The first-order valence-corrected chi connectivity index (χ1v) is 16.0. The number of methoxy groups -OCH3 is 1. The summed E-state index contributed by atoms with van der Waals surface area (Å²) in [5, 5.41) is 23.0. The van der Waals surface area contributed by atoms with Crippen molar-refractivity contribution in [3.8, 4) is 0 Å². The van der Waals surface area contributed by atoms with Gasteiger partial charge in [-0.3, -0.25) is 14.4 Å². The molecule has 0 amide bonds. The van der Waals surface area contributed by atoms with Crippen LogP contribution in [-0.4, -0.2) is 65.4 Å². The van der Waals surface area contributed by atoms with Crippen LogP contribution in [-0.2, 0) is 23.9 Å². The van der Waals surface area contributed by atoms with Crippen LogP contribution in [0, 0.1) is 17.8 Å². The smallest absolute Gasteiger partial charge is 0.321 e. The molecule has 0 aromatic carbocycles. The van der Waals surface area contributed by atoms with Crippen molar-refractivity contribution in [1.29, 1.82) is 0 Å². The fourth-order valence-electron chi connectivity index (χ4n) is 7.22. The molecule has 5 heterocycles. The molecule has 8 bridgehead atoms. The van der Waals surface area contributed by atoms with Crippen LogP contribution in [0.15, 0.2) is 120 Å². The summed E-state index contributed by atoms with van der Waals surface area (Å²) in [4.78, 5) is 54.8. The van der Waals surface area contributed by atoms with Gasteiger partial charge in [-0.25, -0.2) is 15.0 Å². The van der Waals surface area contributed by atoms with Gasteiger partial charge in [-0.05, 0) is 61.6 Å². The number of Topliss-reactive ketones (excluding diaryl/α,β-unsaturated/α-hetero) is 1. The summed E-state index contributed by atoms with van der Waals surface area (Å²) >= 11 is 0. The summed E-state index contributed by atoms with van der Waals surface area (Å²) in [6.45, 7) is 11.4. The van der Waals surface area contributed by atoms with E-state index in [9.17, 15) is 19.5 Å². The molecule has 248 valence electrons. The molecule has 3 atom stereocenters. The van der Waals surface area contributed by atoms with Crippen molar-refractivity contribution in [2.24, 2.45) is 32.7 Å². The lowest BCUT2D eigenvalue weighted by Crippen LogP contribution is -2.26. The highest BCUT2D eigenvalue weighted by atomic mass is 16.5. The molecular formula is C37H38N4O7. The van der Waals surface area contributed by atoms with Gasteiger partial charge in [0.1, 0.15) is 12.5 Å². The van der Waals surface area contributed by atoms with E-state index in [1.807, 2.05) is 32.9 Å². The molecular weight excluding hydrogens is 612 g/mol. The molecule has 11 nitrogen and oxygen atoms in total. The van der Waals surface area contributed by atoms with Crippen molar-refractivity contribution in [3.63, 3.8) is 0 Å². The Kier molecular flexibility index (Phi) is 8.74. The summed E-state index contributed by atoms with van der Waals surface area (Å²) in [5.74, 6) is -3.32. The number of hydrogen-bond acceptors (Lipinski definition) is 11. The van der Waals surface area contributed by atoms with Crippen LogP contribution < -0.4 is 5.32 Å². The highest BCUT2D eigenvalue weighted by Gasteiger charge is 2.51. The van der Waals surface area contributed by atoms with Gasteiger partial charge in [0, 0.05) is 51.9 Å². The average Bonchev–Trinajstić information content (AvgIpc) is 3.82. The van der Waals surface area contributed by atoms with E-state index in [2.05, 4.69) is 11.9 Å². The van der Waals surface area contributed by atoms with Crippen molar-refractivity contribution in [2.45, 2.75) is 47.0 Å². The zero-order valence-corrected chi connectivity index (χ0v) is 27.6. The van der Waals surface area contributed by atoms with Gasteiger partial charge >= 0.3 is 11.9 Å². The Labute approximate surface area is 278 Å². The molecule has 5 aliphatic heterocycles. The molecule has 0 radical (unpaired) electrons. The molecule has 6 rings (SSSR count). The maximum absolute atomic E-state index is 14.1. The molecule has 1 aliphatic carbocycles. The molecule has 48 heavy (non-hydrogen) atoms. The van der Waals surface area contributed by atoms with Crippen molar-refractivity contribution >= 4 is 34.9 Å². The number of esters is 2. The van der Waals surface area contributed by atoms with Gasteiger partial charge in [-0.1, -0.05) is 26.5 Å². The summed E-state index contributed by atoms with van der Waals surface area (Å²) in [6, 6.07) is 0. The number of rotatable bonds is 8. The first-order chi connectivity index (χ1) is 23.1. The van der Waals surface area contributed by atoms with Crippen LogP contribution >= 0.6 is 0 Å². The van der Waals surface area contributed by atoms with Crippen LogP contribution in [0.1, 0.15) is 47.0 Å². The van der Waals surface area contributed by atoms with Crippen molar-refractivity contribution in [2.75, 3.05) is 20.3 Å². The number of ether oxygens (including phenoxy) is 2. The highest BCUT2D eigenvalue weighted by Crippen LogP contribution is 2.47. The van der Waals surface area contributed by atoms with E-state index in [-0.39, 0.29) is 31.5 Å². The summed E-state index contributed by atoms with van der Waals surface area (Å²) < 4.78 is 10.3. The predicted octanol–water partition coefficient (Wildman–Crippen LogP) is 4.74. The largest absolute Gasteiger partial charge is 0.515 e. The van der Waals surface area contributed by atoms with E-state index in [1.54, 1.807) is 19.1 Å². The predicted molar refractivity (Wildman–Crippen MR) is 181 cm³/mol. The van der Waals surface area contributed by atoms with Crippen LogP contribution in [0.5, 0.6) is 0 Å². The third kappa shape index (κ3) is 5.18. The van der Waals surface area contributed by atoms with Gasteiger partial charge in [0.25, 0.3) is 0 Å². The molecule has 3 N–H and O–H groups in total. The number of carbonyl (C=O) groups is 3. The molecule has 0 unspecified atom stereocenters. The first kappa shape index (κ1) is 32.8. The van der Waals surface area contributed by atoms with E-state index in [1.165, 1.54) is 7.11 Å². The van der Waals surface area contributed by atoms with E-state index in [0.717, 1.165) is 28.7 Å². The minimum absolute atomic E-state index is 0.0546. The molecule has 0 aromatic heterocycles. The molecule has 1 saturated carbocycles. The lowest BCUT2D eigenvalue weighted by molar-refractivity contribution is -0.147.